The summed E-state index contributed by atoms with van der Waals surface area (Å²) >= 11 is 0. The van der Waals surface area contributed by atoms with Gasteiger partial charge in [0.05, 0.1) is 5.69 Å². The third-order valence-electron chi connectivity index (χ3n) is 6.37. The number of piperazine rings is 1. The van der Waals surface area contributed by atoms with Crippen molar-refractivity contribution in [2.24, 2.45) is 13.0 Å². The molecule has 158 valence electrons. The number of rotatable bonds is 4. The Morgan fingerprint density at radius 1 is 1.10 bits per heavy atom. The topological polar surface area (TPSA) is 76.3 Å². The highest BCUT2D eigenvalue weighted by atomic mass is 16.2. The monoisotopic (exact) mass is 400 g/mol. The molecule has 0 radical (unpaired) electrons. The summed E-state index contributed by atoms with van der Waals surface area (Å²) in [6.07, 6.45) is 6.54. The van der Waals surface area contributed by atoms with Gasteiger partial charge in [-0.05, 0) is 26.2 Å². The first-order valence-corrected chi connectivity index (χ1v) is 11.0. The fourth-order valence-electron chi connectivity index (χ4n) is 4.80. The van der Waals surface area contributed by atoms with Crippen LogP contribution in [0.3, 0.4) is 0 Å². The second kappa shape index (κ2) is 8.16. The second-order valence-electron chi connectivity index (χ2n) is 8.42. The molecule has 1 aliphatic heterocycles. The van der Waals surface area contributed by atoms with Crippen LogP contribution in [0.15, 0.2) is 4.79 Å². The van der Waals surface area contributed by atoms with Crippen LogP contribution in [0.5, 0.6) is 0 Å². The maximum absolute atomic E-state index is 13.2. The molecule has 3 heterocycles. The zero-order valence-corrected chi connectivity index (χ0v) is 17.9. The molecule has 0 spiro atoms. The van der Waals surface area contributed by atoms with Gasteiger partial charge in [-0.15, -0.1) is 0 Å². The Labute approximate surface area is 171 Å². The number of nitrogens with zero attached hydrogens (tertiary/aromatic N) is 6. The maximum Gasteiger partial charge on any atom is 0.281 e. The highest BCUT2D eigenvalue weighted by Gasteiger charge is 2.30. The van der Waals surface area contributed by atoms with Crippen LogP contribution in [-0.2, 0) is 18.4 Å². The van der Waals surface area contributed by atoms with Gasteiger partial charge in [0.2, 0.25) is 11.9 Å². The number of aryl methyl sites for hydroxylation is 2. The quantitative estimate of drug-likeness (QED) is 0.785. The van der Waals surface area contributed by atoms with E-state index in [1.54, 1.807) is 16.3 Å². The van der Waals surface area contributed by atoms with Gasteiger partial charge in [0.15, 0.2) is 5.52 Å². The number of amides is 1. The zero-order chi connectivity index (χ0) is 20.5. The fourth-order valence-corrected chi connectivity index (χ4v) is 4.80. The molecular weight excluding hydrogens is 368 g/mol. The Morgan fingerprint density at radius 2 is 1.79 bits per heavy atom. The fraction of sp³-hybridized carbons (Fsp3) is 0.714. The predicted octanol–water partition coefficient (Wildman–Crippen LogP) is 2.08. The summed E-state index contributed by atoms with van der Waals surface area (Å²) in [4.78, 5) is 35.1. The predicted molar refractivity (Wildman–Crippen MR) is 113 cm³/mol. The summed E-state index contributed by atoms with van der Waals surface area (Å²) in [5, 5.41) is 4.39. The van der Waals surface area contributed by atoms with E-state index in [9.17, 15) is 9.59 Å². The van der Waals surface area contributed by atoms with Gasteiger partial charge in [0.25, 0.3) is 5.56 Å². The number of carbonyl (C=O) groups is 1. The molecule has 8 heteroatoms. The van der Waals surface area contributed by atoms with Gasteiger partial charge in [-0.3, -0.25) is 18.8 Å². The Hall–Kier alpha value is -2.38. The molecule has 2 fully saturated rings. The summed E-state index contributed by atoms with van der Waals surface area (Å²) < 4.78 is 3.42. The third-order valence-corrected chi connectivity index (χ3v) is 6.37. The van der Waals surface area contributed by atoms with Crippen LogP contribution in [0.4, 0.5) is 5.95 Å². The summed E-state index contributed by atoms with van der Waals surface area (Å²) in [5.74, 6) is 1.24. The van der Waals surface area contributed by atoms with Gasteiger partial charge in [0, 0.05) is 45.7 Å². The molecule has 0 N–H and O–H groups in total. The standard InChI is InChI=1S/C21H32N6O2/c1-4-10-27-20(29)18-17(15(2)23-24(18)3)22-21(27)26-13-11-25(12-14-26)19(28)16-8-6-5-7-9-16/h16H,4-14H2,1-3H3. The van der Waals surface area contributed by atoms with Gasteiger partial charge >= 0.3 is 0 Å². The lowest BCUT2D eigenvalue weighted by molar-refractivity contribution is -0.136. The van der Waals surface area contributed by atoms with E-state index < -0.39 is 0 Å². The molecule has 1 aliphatic carbocycles. The summed E-state index contributed by atoms with van der Waals surface area (Å²) in [6.45, 7) is 7.39. The Morgan fingerprint density at radius 3 is 2.45 bits per heavy atom. The van der Waals surface area contributed by atoms with Crippen LogP contribution >= 0.6 is 0 Å². The first-order valence-electron chi connectivity index (χ1n) is 11.0. The number of fused-ring (bicyclic) bond motifs is 1. The number of aromatic nitrogens is 4. The Bertz CT molecular complexity index is 948. The van der Waals surface area contributed by atoms with E-state index in [2.05, 4.69) is 16.9 Å². The molecule has 29 heavy (non-hydrogen) atoms. The smallest absolute Gasteiger partial charge is 0.281 e. The van der Waals surface area contributed by atoms with Crippen molar-refractivity contribution in [3.8, 4) is 0 Å². The van der Waals surface area contributed by atoms with E-state index in [0.717, 1.165) is 25.0 Å². The molecule has 2 aromatic heterocycles. The summed E-state index contributed by atoms with van der Waals surface area (Å²) in [7, 11) is 1.80. The molecular formula is C21H32N6O2. The summed E-state index contributed by atoms with van der Waals surface area (Å²) in [6, 6.07) is 0. The molecule has 0 bridgehead atoms. The normalized spacial score (nSPS) is 18.6. The molecule has 2 aliphatic rings. The van der Waals surface area contributed by atoms with E-state index in [1.165, 1.54) is 19.3 Å². The molecule has 1 saturated heterocycles. The van der Waals surface area contributed by atoms with Crippen LogP contribution in [0, 0.1) is 12.8 Å². The number of hydrogen-bond donors (Lipinski definition) is 0. The minimum absolute atomic E-state index is 0.0318. The molecule has 0 aromatic carbocycles. The van der Waals surface area contributed by atoms with Crippen molar-refractivity contribution in [1.29, 1.82) is 0 Å². The third kappa shape index (κ3) is 3.65. The highest BCUT2D eigenvalue weighted by molar-refractivity contribution is 5.79. The zero-order valence-electron chi connectivity index (χ0n) is 17.9. The van der Waals surface area contributed by atoms with Gasteiger partial charge in [-0.1, -0.05) is 26.2 Å². The van der Waals surface area contributed by atoms with Gasteiger partial charge in [0.1, 0.15) is 5.52 Å². The number of anilines is 1. The lowest BCUT2D eigenvalue weighted by Gasteiger charge is -2.38. The van der Waals surface area contributed by atoms with Crippen LogP contribution in [0.2, 0.25) is 0 Å². The van der Waals surface area contributed by atoms with Crippen LogP contribution in [0.25, 0.3) is 11.0 Å². The van der Waals surface area contributed by atoms with Crippen molar-refractivity contribution in [2.75, 3.05) is 31.1 Å². The molecule has 0 unspecified atom stereocenters. The molecule has 0 atom stereocenters. The van der Waals surface area contributed by atoms with Crippen molar-refractivity contribution >= 4 is 22.9 Å². The van der Waals surface area contributed by atoms with Crippen LogP contribution in [-0.4, -0.2) is 56.3 Å². The maximum atomic E-state index is 13.2. The molecule has 4 rings (SSSR count). The summed E-state index contributed by atoms with van der Waals surface area (Å²) in [5.41, 5.74) is 1.98. The van der Waals surface area contributed by atoms with Gasteiger partial charge < -0.3 is 9.80 Å². The van der Waals surface area contributed by atoms with E-state index in [0.29, 0.717) is 55.6 Å². The van der Waals surface area contributed by atoms with E-state index in [4.69, 9.17) is 4.98 Å². The Kier molecular flexibility index (Phi) is 5.61. The number of carbonyl (C=O) groups excluding carboxylic acids is 1. The average Bonchev–Trinajstić information content (AvgIpc) is 3.03. The average molecular weight is 401 g/mol. The number of hydrogen-bond acceptors (Lipinski definition) is 5. The second-order valence-corrected chi connectivity index (χ2v) is 8.42. The largest absolute Gasteiger partial charge is 0.339 e. The van der Waals surface area contributed by atoms with E-state index >= 15 is 0 Å². The van der Waals surface area contributed by atoms with Gasteiger partial charge in [-0.25, -0.2) is 4.98 Å². The molecule has 8 nitrogen and oxygen atoms in total. The highest BCUT2D eigenvalue weighted by Crippen LogP contribution is 2.26. The first-order chi connectivity index (χ1) is 14.0. The van der Waals surface area contributed by atoms with E-state index in [1.807, 2.05) is 11.8 Å². The van der Waals surface area contributed by atoms with Crippen LogP contribution < -0.4 is 10.5 Å². The molecule has 2 aromatic rings. The lowest BCUT2D eigenvalue weighted by atomic mass is 9.88. The van der Waals surface area contributed by atoms with Crippen molar-refractivity contribution in [2.45, 2.75) is 58.9 Å². The minimum atomic E-state index is -0.0318. The van der Waals surface area contributed by atoms with Crippen molar-refractivity contribution < 1.29 is 4.79 Å². The van der Waals surface area contributed by atoms with Crippen molar-refractivity contribution in [1.82, 2.24) is 24.2 Å². The first kappa shape index (κ1) is 19.9. The molecule has 1 saturated carbocycles. The molecule has 1 amide bonds. The van der Waals surface area contributed by atoms with Crippen molar-refractivity contribution in [3.05, 3.63) is 16.0 Å². The van der Waals surface area contributed by atoms with Crippen molar-refractivity contribution in [3.63, 3.8) is 0 Å². The minimum Gasteiger partial charge on any atom is -0.339 e. The lowest BCUT2D eigenvalue weighted by Crippen LogP contribution is -2.52. The SMILES string of the molecule is CCCn1c(N2CCN(C(=O)C3CCCCC3)CC2)nc2c(C)nn(C)c2c1=O. The van der Waals surface area contributed by atoms with Gasteiger partial charge in [-0.2, -0.15) is 5.10 Å². The van der Waals surface area contributed by atoms with Crippen LogP contribution in [0.1, 0.15) is 51.1 Å². The van der Waals surface area contributed by atoms with E-state index in [-0.39, 0.29) is 11.5 Å². The Balaban J connectivity index is 1.57.